The minimum Gasteiger partial charge on any atom is -0.454 e. The highest BCUT2D eigenvalue weighted by atomic mass is 35.5. The van der Waals surface area contributed by atoms with Crippen LogP contribution in [0.4, 0.5) is 5.69 Å². The number of hydrogen-bond acceptors (Lipinski definition) is 7. The lowest BCUT2D eigenvalue weighted by atomic mass is 10.1. The van der Waals surface area contributed by atoms with Crippen LogP contribution < -0.4 is 9.47 Å². The molecule has 2 aliphatic rings. The number of hydrogen-bond donors (Lipinski definition) is 0. The summed E-state index contributed by atoms with van der Waals surface area (Å²) in [7, 11) is 0. The standard InChI is InChI=1S/C17H12ClN3O6/c1-9(22)20-17(27-16(19-20)10-3-2-4-11(18)5-10)12-6-14-15(26-8-25-14)7-13(12)21(23)24/h2-7,17H,8H2,1H3/t17-/m0/s1. The van der Waals surface area contributed by atoms with Crippen LogP contribution >= 0.6 is 11.6 Å². The van der Waals surface area contributed by atoms with Gasteiger partial charge in [-0.15, -0.1) is 5.10 Å². The summed E-state index contributed by atoms with van der Waals surface area (Å²) in [6, 6.07) is 9.39. The van der Waals surface area contributed by atoms with Crippen LogP contribution in [0, 0.1) is 10.1 Å². The van der Waals surface area contributed by atoms with Crippen molar-refractivity contribution in [3.8, 4) is 11.5 Å². The number of amides is 1. The molecule has 2 heterocycles. The van der Waals surface area contributed by atoms with Gasteiger partial charge in [-0.1, -0.05) is 17.7 Å². The largest absolute Gasteiger partial charge is 0.454 e. The van der Waals surface area contributed by atoms with Crippen LogP contribution in [0.1, 0.15) is 24.3 Å². The minimum absolute atomic E-state index is 0.0395. The summed E-state index contributed by atoms with van der Waals surface area (Å²) in [5.41, 5.74) is 0.401. The van der Waals surface area contributed by atoms with E-state index in [2.05, 4.69) is 5.10 Å². The molecule has 1 atom stereocenters. The number of nitro groups is 1. The van der Waals surface area contributed by atoms with E-state index in [0.29, 0.717) is 16.3 Å². The smallest absolute Gasteiger partial charge is 0.282 e. The van der Waals surface area contributed by atoms with Gasteiger partial charge in [0, 0.05) is 23.6 Å². The maximum Gasteiger partial charge on any atom is 0.282 e. The van der Waals surface area contributed by atoms with Crippen LogP contribution in [-0.4, -0.2) is 28.5 Å². The molecule has 0 radical (unpaired) electrons. The fourth-order valence-corrected chi connectivity index (χ4v) is 3.00. The average Bonchev–Trinajstić information content (AvgIpc) is 3.27. The summed E-state index contributed by atoms with van der Waals surface area (Å²) in [5, 5.41) is 17.2. The van der Waals surface area contributed by atoms with Crippen molar-refractivity contribution in [3.05, 3.63) is 62.7 Å². The third kappa shape index (κ3) is 3.02. The van der Waals surface area contributed by atoms with Crippen LogP contribution in [-0.2, 0) is 9.53 Å². The molecule has 1 amide bonds. The first-order chi connectivity index (χ1) is 12.9. The lowest BCUT2D eigenvalue weighted by Gasteiger charge is -2.19. The third-order valence-electron chi connectivity index (χ3n) is 4.02. The summed E-state index contributed by atoms with van der Waals surface area (Å²) in [6.07, 6.45) is -1.12. The van der Waals surface area contributed by atoms with Crippen molar-refractivity contribution < 1.29 is 23.9 Å². The predicted octanol–water partition coefficient (Wildman–Crippen LogP) is 3.22. The number of ether oxygens (including phenoxy) is 3. The second-order valence-corrected chi connectivity index (χ2v) is 6.21. The summed E-state index contributed by atoms with van der Waals surface area (Å²) >= 11 is 6.00. The monoisotopic (exact) mass is 389 g/mol. The lowest BCUT2D eigenvalue weighted by Crippen LogP contribution is -2.25. The zero-order valence-corrected chi connectivity index (χ0v) is 14.7. The first-order valence-electron chi connectivity index (χ1n) is 7.83. The van der Waals surface area contributed by atoms with E-state index in [-0.39, 0.29) is 29.7 Å². The molecule has 10 heteroatoms. The van der Waals surface area contributed by atoms with Gasteiger partial charge in [-0.05, 0) is 18.2 Å². The summed E-state index contributed by atoms with van der Waals surface area (Å²) in [5.74, 6) is 0.279. The van der Waals surface area contributed by atoms with Gasteiger partial charge in [-0.2, -0.15) is 5.01 Å². The Morgan fingerprint density at radius 3 is 2.70 bits per heavy atom. The second kappa shape index (κ2) is 6.44. The van der Waals surface area contributed by atoms with E-state index in [0.717, 1.165) is 5.01 Å². The SMILES string of the molecule is CC(=O)N1N=C(c2cccc(Cl)c2)O[C@H]1c1cc2c(cc1[N+](=O)[O-])OCO2. The molecule has 4 rings (SSSR count). The number of nitrogens with zero attached hydrogens (tertiary/aromatic N) is 3. The van der Waals surface area contributed by atoms with E-state index in [1.807, 2.05) is 0 Å². The number of halogens is 1. The Kier molecular flexibility index (Phi) is 4.08. The summed E-state index contributed by atoms with van der Waals surface area (Å²) < 4.78 is 16.3. The van der Waals surface area contributed by atoms with Gasteiger partial charge in [-0.25, -0.2) is 0 Å². The highest BCUT2D eigenvalue weighted by Crippen LogP contribution is 2.43. The van der Waals surface area contributed by atoms with Crippen LogP contribution in [0.3, 0.4) is 0 Å². The number of rotatable bonds is 3. The first kappa shape index (κ1) is 17.1. The first-order valence-corrected chi connectivity index (χ1v) is 8.21. The fraction of sp³-hybridized carbons (Fsp3) is 0.176. The van der Waals surface area contributed by atoms with Crippen molar-refractivity contribution >= 4 is 29.1 Å². The predicted molar refractivity (Wildman–Crippen MR) is 93.6 cm³/mol. The molecular weight excluding hydrogens is 378 g/mol. The Morgan fingerprint density at radius 1 is 1.30 bits per heavy atom. The molecule has 27 heavy (non-hydrogen) atoms. The molecule has 2 aliphatic heterocycles. The van der Waals surface area contributed by atoms with E-state index in [1.54, 1.807) is 24.3 Å². The molecule has 0 saturated heterocycles. The quantitative estimate of drug-likeness (QED) is 0.589. The Hall–Kier alpha value is -3.33. The number of carbonyl (C=O) groups is 1. The lowest BCUT2D eigenvalue weighted by molar-refractivity contribution is -0.386. The molecule has 0 aromatic heterocycles. The van der Waals surface area contributed by atoms with E-state index in [9.17, 15) is 14.9 Å². The van der Waals surface area contributed by atoms with Gasteiger partial charge in [-0.3, -0.25) is 14.9 Å². The van der Waals surface area contributed by atoms with Crippen LogP contribution in [0.15, 0.2) is 41.5 Å². The van der Waals surface area contributed by atoms with Crippen molar-refractivity contribution in [2.75, 3.05) is 6.79 Å². The summed E-state index contributed by atoms with van der Waals surface area (Å²) in [6.45, 7) is 1.25. The summed E-state index contributed by atoms with van der Waals surface area (Å²) in [4.78, 5) is 23.0. The number of hydrazone groups is 1. The van der Waals surface area contributed by atoms with E-state index in [1.165, 1.54) is 19.1 Å². The topological polar surface area (TPSA) is 104 Å². The molecule has 0 spiro atoms. The molecule has 0 fully saturated rings. The molecule has 0 saturated carbocycles. The Bertz CT molecular complexity index is 993. The number of fused-ring (bicyclic) bond motifs is 1. The minimum atomic E-state index is -1.12. The van der Waals surface area contributed by atoms with Gasteiger partial charge in [0.15, 0.2) is 11.5 Å². The molecule has 0 bridgehead atoms. The molecule has 2 aromatic carbocycles. The highest BCUT2D eigenvalue weighted by molar-refractivity contribution is 6.31. The van der Waals surface area contributed by atoms with Crippen molar-refractivity contribution in [3.63, 3.8) is 0 Å². The Labute approximate surface area is 157 Å². The molecule has 0 aliphatic carbocycles. The normalized spacial score (nSPS) is 17.5. The molecule has 9 nitrogen and oxygen atoms in total. The zero-order chi connectivity index (χ0) is 19.1. The molecule has 0 unspecified atom stereocenters. The number of nitro benzene ring substituents is 1. The van der Waals surface area contributed by atoms with Gasteiger partial charge in [0.2, 0.25) is 24.8 Å². The Balaban J connectivity index is 1.78. The second-order valence-electron chi connectivity index (χ2n) is 5.77. The number of benzene rings is 2. The maximum absolute atomic E-state index is 12.1. The molecule has 0 N–H and O–H groups in total. The van der Waals surface area contributed by atoms with E-state index >= 15 is 0 Å². The average molecular weight is 390 g/mol. The maximum atomic E-state index is 12.1. The van der Waals surface area contributed by atoms with Gasteiger partial charge < -0.3 is 14.2 Å². The van der Waals surface area contributed by atoms with Crippen LogP contribution in [0.5, 0.6) is 11.5 Å². The highest BCUT2D eigenvalue weighted by Gasteiger charge is 2.39. The third-order valence-corrected chi connectivity index (χ3v) is 4.26. The molecule has 2 aromatic rings. The Morgan fingerprint density at radius 2 is 2.04 bits per heavy atom. The fourth-order valence-electron chi connectivity index (χ4n) is 2.81. The van der Waals surface area contributed by atoms with Crippen molar-refractivity contribution in [1.29, 1.82) is 0 Å². The van der Waals surface area contributed by atoms with Gasteiger partial charge in [0.05, 0.1) is 16.6 Å². The van der Waals surface area contributed by atoms with Gasteiger partial charge >= 0.3 is 0 Å². The van der Waals surface area contributed by atoms with E-state index < -0.39 is 17.1 Å². The van der Waals surface area contributed by atoms with Gasteiger partial charge in [0.1, 0.15) is 0 Å². The van der Waals surface area contributed by atoms with Crippen molar-refractivity contribution in [1.82, 2.24) is 5.01 Å². The van der Waals surface area contributed by atoms with Crippen LogP contribution in [0.25, 0.3) is 0 Å². The number of carbonyl (C=O) groups excluding carboxylic acids is 1. The van der Waals surface area contributed by atoms with Crippen LogP contribution in [0.2, 0.25) is 5.02 Å². The zero-order valence-electron chi connectivity index (χ0n) is 13.9. The molecular formula is C17H12ClN3O6. The van der Waals surface area contributed by atoms with E-state index in [4.69, 9.17) is 25.8 Å². The molecule has 138 valence electrons. The van der Waals surface area contributed by atoms with Crippen molar-refractivity contribution in [2.45, 2.75) is 13.2 Å². The van der Waals surface area contributed by atoms with Gasteiger partial charge in [0.25, 0.3) is 5.69 Å². The van der Waals surface area contributed by atoms with Crippen molar-refractivity contribution in [2.24, 2.45) is 5.10 Å².